The van der Waals surface area contributed by atoms with Gasteiger partial charge in [-0.05, 0) is 93.5 Å². The zero-order valence-electron chi connectivity index (χ0n) is 21.9. The molecule has 1 aliphatic carbocycles. The normalized spacial score (nSPS) is 15.2. The van der Waals surface area contributed by atoms with Crippen LogP contribution in [0.1, 0.15) is 63.9 Å². The number of halogens is 1. The van der Waals surface area contributed by atoms with Crippen LogP contribution in [0.4, 0.5) is 10.7 Å². The Kier molecular flexibility index (Phi) is 8.74. The molecule has 2 unspecified atom stereocenters. The number of thiophene rings is 1. The summed E-state index contributed by atoms with van der Waals surface area (Å²) in [6, 6.07) is 11.8. The van der Waals surface area contributed by atoms with E-state index in [1.165, 1.54) is 11.3 Å². The molecular weight excluding hydrogens is 524 g/mol. The van der Waals surface area contributed by atoms with Gasteiger partial charge in [0, 0.05) is 21.2 Å². The van der Waals surface area contributed by atoms with E-state index in [-0.39, 0.29) is 18.4 Å². The molecule has 1 heterocycles. The summed E-state index contributed by atoms with van der Waals surface area (Å²) in [7, 11) is 0. The number of esters is 1. The van der Waals surface area contributed by atoms with Gasteiger partial charge < -0.3 is 20.1 Å². The largest absolute Gasteiger partial charge is 0.481 e. The maximum absolute atomic E-state index is 13.0. The molecule has 1 aliphatic rings. The molecule has 0 radical (unpaired) electrons. The number of rotatable bonds is 8. The maximum atomic E-state index is 13.0. The summed E-state index contributed by atoms with van der Waals surface area (Å²) in [5.41, 5.74) is 3.37. The predicted molar refractivity (Wildman–Crippen MR) is 151 cm³/mol. The lowest BCUT2D eigenvalue weighted by atomic mass is 9.88. The highest BCUT2D eigenvalue weighted by Crippen LogP contribution is 2.40. The van der Waals surface area contributed by atoms with Crippen molar-refractivity contribution in [3.63, 3.8) is 0 Å². The van der Waals surface area contributed by atoms with E-state index in [2.05, 4.69) is 17.6 Å². The van der Waals surface area contributed by atoms with Crippen LogP contribution in [-0.4, -0.2) is 30.5 Å². The van der Waals surface area contributed by atoms with Gasteiger partial charge in [0.2, 0.25) is 0 Å². The van der Waals surface area contributed by atoms with Gasteiger partial charge in [0.25, 0.3) is 11.8 Å². The monoisotopic (exact) mass is 554 g/mol. The summed E-state index contributed by atoms with van der Waals surface area (Å²) in [6.07, 6.45) is 1.91. The van der Waals surface area contributed by atoms with Gasteiger partial charge in [-0.1, -0.05) is 24.6 Å². The highest BCUT2D eigenvalue weighted by atomic mass is 35.5. The molecule has 7 nitrogen and oxygen atoms in total. The van der Waals surface area contributed by atoms with Crippen LogP contribution in [0.15, 0.2) is 42.5 Å². The van der Waals surface area contributed by atoms with Gasteiger partial charge in [0.15, 0.2) is 6.10 Å². The molecular formula is C29H31ClN2O5S. The summed E-state index contributed by atoms with van der Waals surface area (Å²) in [5, 5.41) is 6.79. The van der Waals surface area contributed by atoms with Crippen LogP contribution < -0.4 is 15.4 Å². The molecule has 0 fully saturated rings. The third-order valence-electron chi connectivity index (χ3n) is 6.46. The van der Waals surface area contributed by atoms with E-state index in [0.717, 1.165) is 35.3 Å². The molecule has 0 aliphatic heterocycles. The number of anilines is 2. The van der Waals surface area contributed by atoms with Gasteiger partial charge in [-0.2, -0.15) is 0 Å². The van der Waals surface area contributed by atoms with E-state index in [4.69, 9.17) is 21.1 Å². The number of carbonyl (C=O) groups excluding carboxylic acids is 3. The van der Waals surface area contributed by atoms with E-state index in [1.807, 2.05) is 13.0 Å². The first-order valence-corrected chi connectivity index (χ1v) is 13.8. The summed E-state index contributed by atoms with van der Waals surface area (Å²) in [4.78, 5) is 39.5. The number of hydrogen-bond donors (Lipinski definition) is 2. The van der Waals surface area contributed by atoms with E-state index in [0.29, 0.717) is 38.5 Å². The van der Waals surface area contributed by atoms with Crippen LogP contribution in [0.5, 0.6) is 5.75 Å². The van der Waals surface area contributed by atoms with E-state index >= 15 is 0 Å². The fourth-order valence-electron chi connectivity index (χ4n) is 4.29. The fourth-order valence-corrected chi connectivity index (χ4v) is 5.86. The Bertz CT molecular complexity index is 1350. The standard InChI is InChI=1S/C29H31ClN2O5S/c1-5-36-29(35)25-22-13-6-16(2)14-24(22)38-28(25)32-27(34)19-8-11-21(12-9-19)37-18(4)26(33)31-20-10-7-17(3)23(30)15-20/h7-12,15-16,18H,5-6,13-14H2,1-4H3,(H,31,33)(H,32,34). The van der Waals surface area contributed by atoms with Crippen molar-refractivity contribution in [2.45, 2.75) is 53.1 Å². The second kappa shape index (κ2) is 12.0. The third kappa shape index (κ3) is 6.37. The molecule has 4 rings (SSSR count). The first-order chi connectivity index (χ1) is 18.2. The molecule has 2 aromatic carbocycles. The Balaban J connectivity index is 1.42. The molecule has 0 spiro atoms. The summed E-state index contributed by atoms with van der Waals surface area (Å²) in [5.74, 6) is -0.0887. The van der Waals surface area contributed by atoms with Crippen LogP contribution in [0, 0.1) is 12.8 Å². The number of aryl methyl sites for hydroxylation is 1. The topological polar surface area (TPSA) is 93.7 Å². The molecule has 3 aromatic rings. The van der Waals surface area contributed by atoms with Gasteiger partial charge in [-0.25, -0.2) is 4.79 Å². The van der Waals surface area contributed by atoms with E-state index in [9.17, 15) is 14.4 Å². The second-order valence-electron chi connectivity index (χ2n) is 9.47. The van der Waals surface area contributed by atoms with E-state index < -0.39 is 12.1 Å². The quantitative estimate of drug-likeness (QED) is 0.303. The summed E-state index contributed by atoms with van der Waals surface area (Å²) in [6.45, 7) is 7.75. The molecule has 0 saturated carbocycles. The van der Waals surface area contributed by atoms with Crippen molar-refractivity contribution in [2.75, 3.05) is 17.2 Å². The molecule has 200 valence electrons. The highest BCUT2D eigenvalue weighted by molar-refractivity contribution is 7.17. The average molecular weight is 555 g/mol. The van der Waals surface area contributed by atoms with E-state index in [1.54, 1.807) is 50.2 Å². The van der Waals surface area contributed by atoms with Crippen molar-refractivity contribution < 1.29 is 23.9 Å². The maximum Gasteiger partial charge on any atom is 0.341 e. The fraction of sp³-hybridized carbons (Fsp3) is 0.345. The minimum Gasteiger partial charge on any atom is -0.481 e. The van der Waals surface area contributed by atoms with Gasteiger partial charge in [0.05, 0.1) is 12.2 Å². The number of carbonyl (C=O) groups is 3. The Hall–Kier alpha value is -3.36. The van der Waals surface area contributed by atoms with Gasteiger partial charge in [-0.3, -0.25) is 9.59 Å². The Morgan fingerprint density at radius 2 is 1.87 bits per heavy atom. The number of amides is 2. The average Bonchev–Trinajstić information content (AvgIpc) is 3.23. The first kappa shape index (κ1) is 27.7. The SMILES string of the molecule is CCOC(=O)c1c(NC(=O)c2ccc(OC(C)C(=O)Nc3ccc(C)c(Cl)c3)cc2)sc2c1CCC(C)C2. The number of ether oxygens (including phenoxy) is 2. The van der Waals surface area contributed by atoms with Gasteiger partial charge in [0.1, 0.15) is 10.8 Å². The van der Waals surface area contributed by atoms with Crippen molar-refractivity contribution in [1.29, 1.82) is 0 Å². The molecule has 0 saturated heterocycles. The number of hydrogen-bond acceptors (Lipinski definition) is 6. The van der Waals surface area contributed by atoms with Crippen molar-refractivity contribution >= 4 is 51.4 Å². The number of fused-ring (bicyclic) bond motifs is 1. The molecule has 0 bridgehead atoms. The number of nitrogens with one attached hydrogen (secondary N) is 2. The van der Waals surface area contributed by atoms with Crippen LogP contribution in [0.3, 0.4) is 0 Å². The molecule has 38 heavy (non-hydrogen) atoms. The van der Waals surface area contributed by atoms with Crippen molar-refractivity contribution in [2.24, 2.45) is 5.92 Å². The first-order valence-electron chi connectivity index (χ1n) is 12.6. The van der Waals surface area contributed by atoms with Crippen LogP contribution in [0.2, 0.25) is 5.02 Å². The Morgan fingerprint density at radius 1 is 1.13 bits per heavy atom. The lowest BCUT2D eigenvalue weighted by Gasteiger charge is -2.18. The second-order valence-corrected chi connectivity index (χ2v) is 11.0. The minimum atomic E-state index is -0.776. The lowest BCUT2D eigenvalue weighted by molar-refractivity contribution is -0.122. The zero-order valence-corrected chi connectivity index (χ0v) is 23.4. The summed E-state index contributed by atoms with van der Waals surface area (Å²) >= 11 is 7.58. The zero-order chi connectivity index (χ0) is 27.4. The van der Waals surface area contributed by atoms with Crippen LogP contribution in [-0.2, 0) is 22.4 Å². The van der Waals surface area contributed by atoms with Gasteiger partial charge >= 0.3 is 5.97 Å². The lowest BCUT2D eigenvalue weighted by Crippen LogP contribution is -2.30. The minimum absolute atomic E-state index is 0.268. The van der Waals surface area contributed by atoms with Crippen molar-refractivity contribution in [3.05, 3.63) is 74.6 Å². The van der Waals surface area contributed by atoms with Crippen LogP contribution >= 0.6 is 22.9 Å². The molecule has 2 amide bonds. The van der Waals surface area contributed by atoms with Gasteiger partial charge in [-0.15, -0.1) is 11.3 Å². The molecule has 2 atom stereocenters. The molecule has 2 N–H and O–H groups in total. The molecule has 9 heteroatoms. The van der Waals surface area contributed by atoms with Crippen LogP contribution in [0.25, 0.3) is 0 Å². The summed E-state index contributed by atoms with van der Waals surface area (Å²) < 4.78 is 11.1. The Labute approximate surface area is 231 Å². The smallest absolute Gasteiger partial charge is 0.341 e. The predicted octanol–water partition coefficient (Wildman–Crippen LogP) is 6.67. The number of benzene rings is 2. The van der Waals surface area contributed by atoms with Crippen molar-refractivity contribution in [1.82, 2.24) is 0 Å². The molecule has 1 aromatic heterocycles. The third-order valence-corrected chi connectivity index (χ3v) is 8.03. The highest BCUT2D eigenvalue weighted by Gasteiger charge is 2.29. The van der Waals surface area contributed by atoms with Crippen molar-refractivity contribution in [3.8, 4) is 5.75 Å². The Morgan fingerprint density at radius 3 is 2.55 bits per heavy atom.